The Hall–Kier alpha value is -4.66. The lowest BCUT2D eigenvalue weighted by Crippen LogP contribution is -2.38. The zero-order valence-corrected chi connectivity index (χ0v) is 19.7. The summed E-state index contributed by atoms with van der Waals surface area (Å²) < 4.78 is 46.5. The predicted molar refractivity (Wildman–Crippen MR) is 125 cm³/mol. The van der Waals surface area contributed by atoms with Gasteiger partial charge in [0.1, 0.15) is 12.3 Å². The number of nitrogens with one attached hydrogen (secondary N) is 1. The van der Waals surface area contributed by atoms with Crippen LogP contribution in [0.3, 0.4) is 0 Å². The summed E-state index contributed by atoms with van der Waals surface area (Å²) >= 11 is 0. The fourth-order valence-corrected chi connectivity index (χ4v) is 4.45. The largest absolute Gasteiger partial charge is 0.466 e. The number of aromatic amines is 1. The van der Waals surface area contributed by atoms with E-state index in [1.807, 2.05) is 6.07 Å². The maximum atomic E-state index is 13.5. The number of esters is 1. The number of aldehydes is 1. The summed E-state index contributed by atoms with van der Waals surface area (Å²) in [5.74, 6) is -0.867. The number of carbonyl (C=O) groups excluding carboxylic acids is 2. The molecule has 0 amide bonds. The zero-order valence-electron chi connectivity index (χ0n) is 19.7. The average Bonchev–Trinajstić information content (AvgIpc) is 3.26. The summed E-state index contributed by atoms with van der Waals surface area (Å²) in [5, 5.41) is 15.7. The molecule has 1 N–H and O–H groups in total. The van der Waals surface area contributed by atoms with Crippen molar-refractivity contribution in [2.24, 2.45) is 0 Å². The van der Waals surface area contributed by atoms with Crippen LogP contribution in [0.4, 0.5) is 24.8 Å². The zero-order chi connectivity index (χ0) is 26.9. The molecule has 1 aromatic heterocycles. The number of aryl methyl sites for hydroxylation is 1. The first-order valence-electron chi connectivity index (χ1n) is 11.0. The Morgan fingerprint density at radius 2 is 2.03 bits per heavy atom. The van der Waals surface area contributed by atoms with Crippen LogP contribution >= 0.6 is 0 Å². The smallest absolute Gasteiger partial charge is 0.416 e. The van der Waals surface area contributed by atoms with Crippen LogP contribution < -0.4 is 10.6 Å². The number of halogens is 3. The van der Waals surface area contributed by atoms with Crippen LogP contribution in [0.5, 0.6) is 0 Å². The van der Waals surface area contributed by atoms with Crippen LogP contribution in [0.25, 0.3) is 0 Å². The molecule has 9 nitrogen and oxygen atoms in total. The lowest BCUT2D eigenvalue weighted by molar-refractivity contribution is -0.138. The van der Waals surface area contributed by atoms with Gasteiger partial charge in [-0.15, -0.1) is 5.10 Å². The third-order valence-electron chi connectivity index (χ3n) is 6.08. The van der Waals surface area contributed by atoms with Crippen molar-refractivity contribution in [3.8, 4) is 6.07 Å². The summed E-state index contributed by atoms with van der Waals surface area (Å²) in [5.41, 5.74) is -0.171. The van der Waals surface area contributed by atoms with Gasteiger partial charge in [-0.1, -0.05) is 12.1 Å². The first kappa shape index (κ1) is 25.4. The maximum absolute atomic E-state index is 13.5. The fraction of sp³-hybridized carbons (Fsp3) is 0.240. The maximum Gasteiger partial charge on any atom is 0.416 e. The van der Waals surface area contributed by atoms with Gasteiger partial charge in [-0.2, -0.15) is 18.4 Å². The number of benzene rings is 2. The molecule has 0 spiro atoms. The van der Waals surface area contributed by atoms with Gasteiger partial charge in [0.05, 0.1) is 29.9 Å². The van der Waals surface area contributed by atoms with E-state index >= 15 is 0 Å². The number of allylic oxidation sites excluding steroid dienone is 1. The molecule has 1 aliphatic rings. The Morgan fingerprint density at radius 1 is 1.27 bits per heavy atom. The Morgan fingerprint density at radius 3 is 2.68 bits per heavy atom. The minimum Gasteiger partial charge on any atom is -0.466 e. The summed E-state index contributed by atoms with van der Waals surface area (Å²) in [6, 6.07) is 9.97. The standard InChI is InChI=1S/C25H20F3N5O4/c1-14-20(22(35)37-2)21(19-9-8-15(13-29)11-16(19)5-4-10-34)33-23(30-31-24(33)36)32(14)18-7-3-6-17(12-18)25(26,27)28/h3,6-12,21H,4-5H2,1-2H3,(H,31,36)/t21-/m1/s1. The van der Waals surface area contributed by atoms with Crippen molar-refractivity contribution < 1.29 is 27.5 Å². The van der Waals surface area contributed by atoms with E-state index in [9.17, 15) is 32.8 Å². The normalized spacial score (nSPS) is 15.2. The highest BCUT2D eigenvalue weighted by atomic mass is 19.4. The summed E-state index contributed by atoms with van der Waals surface area (Å²) in [6.07, 6.45) is -3.58. The SMILES string of the molecule is COC(=O)C1=C(C)N(c2cccc(C(F)(F)F)c2)c2n[nH]c(=O)n2[C@@H]1c1ccc(C#N)cc1CCC=O. The second-order valence-electron chi connectivity index (χ2n) is 8.21. The van der Waals surface area contributed by atoms with E-state index in [0.29, 0.717) is 23.0 Å². The number of nitrogens with zero attached hydrogens (tertiary/aromatic N) is 4. The molecule has 3 aromatic rings. The molecule has 1 aliphatic heterocycles. The van der Waals surface area contributed by atoms with Gasteiger partial charge in [-0.3, -0.25) is 4.90 Å². The first-order valence-corrected chi connectivity index (χ1v) is 11.0. The highest BCUT2D eigenvalue weighted by molar-refractivity contribution is 5.93. The van der Waals surface area contributed by atoms with Gasteiger partial charge in [0.25, 0.3) is 0 Å². The van der Waals surface area contributed by atoms with Crippen molar-refractivity contribution in [2.75, 3.05) is 12.0 Å². The minimum absolute atomic E-state index is 0.0204. The summed E-state index contributed by atoms with van der Waals surface area (Å²) in [7, 11) is 1.15. The highest BCUT2D eigenvalue weighted by Crippen LogP contribution is 2.43. The molecule has 0 aliphatic carbocycles. The molecule has 190 valence electrons. The molecule has 1 atom stereocenters. The topological polar surface area (TPSA) is 121 Å². The van der Waals surface area contributed by atoms with Gasteiger partial charge in [0.15, 0.2) is 0 Å². The van der Waals surface area contributed by atoms with E-state index in [-0.39, 0.29) is 35.7 Å². The fourth-order valence-electron chi connectivity index (χ4n) is 4.45. The van der Waals surface area contributed by atoms with Gasteiger partial charge >= 0.3 is 17.8 Å². The second-order valence-corrected chi connectivity index (χ2v) is 8.21. The number of hydrogen-bond donors (Lipinski definition) is 1. The quantitative estimate of drug-likeness (QED) is 0.395. The number of carbonyl (C=O) groups is 2. The number of methoxy groups -OCH3 is 1. The number of hydrogen-bond acceptors (Lipinski definition) is 7. The first-order chi connectivity index (χ1) is 17.6. The number of alkyl halides is 3. The molecule has 0 fully saturated rings. The molecular weight excluding hydrogens is 491 g/mol. The summed E-state index contributed by atoms with van der Waals surface area (Å²) in [4.78, 5) is 38.5. The van der Waals surface area contributed by atoms with E-state index in [4.69, 9.17) is 4.74 Å². The van der Waals surface area contributed by atoms with Crippen molar-refractivity contribution in [3.05, 3.63) is 86.5 Å². The average molecular weight is 511 g/mol. The van der Waals surface area contributed by atoms with E-state index in [2.05, 4.69) is 10.2 Å². The van der Waals surface area contributed by atoms with Crippen LogP contribution in [-0.2, 0) is 26.9 Å². The van der Waals surface area contributed by atoms with Gasteiger partial charge in [-0.05, 0) is 54.8 Å². The number of anilines is 2. The molecule has 37 heavy (non-hydrogen) atoms. The van der Waals surface area contributed by atoms with E-state index in [1.54, 1.807) is 12.1 Å². The Labute approximate surface area is 208 Å². The number of aromatic nitrogens is 3. The molecular formula is C25H20F3N5O4. The molecule has 0 radical (unpaired) electrons. The lowest BCUT2D eigenvalue weighted by atomic mass is 9.88. The minimum atomic E-state index is -4.63. The lowest BCUT2D eigenvalue weighted by Gasteiger charge is -2.36. The van der Waals surface area contributed by atoms with E-state index in [1.165, 1.54) is 30.0 Å². The van der Waals surface area contributed by atoms with Crippen molar-refractivity contribution in [3.63, 3.8) is 0 Å². The second kappa shape index (κ2) is 9.77. The number of rotatable bonds is 6. The number of H-pyrrole nitrogens is 1. The molecule has 2 aromatic carbocycles. The van der Waals surface area contributed by atoms with Gasteiger partial charge in [0, 0.05) is 17.8 Å². The van der Waals surface area contributed by atoms with Crippen LogP contribution in [0.15, 0.2) is 58.5 Å². The third-order valence-corrected chi connectivity index (χ3v) is 6.08. The third kappa shape index (κ3) is 4.51. The Bertz CT molecular complexity index is 1510. The Kier molecular flexibility index (Phi) is 6.72. The van der Waals surface area contributed by atoms with Crippen LogP contribution in [0.2, 0.25) is 0 Å². The Balaban J connectivity index is 2.02. The molecule has 12 heteroatoms. The molecule has 0 saturated carbocycles. The highest BCUT2D eigenvalue weighted by Gasteiger charge is 2.40. The van der Waals surface area contributed by atoms with Gasteiger partial charge in [-0.25, -0.2) is 19.3 Å². The van der Waals surface area contributed by atoms with E-state index < -0.39 is 29.4 Å². The van der Waals surface area contributed by atoms with Crippen molar-refractivity contribution in [2.45, 2.75) is 32.0 Å². The van der Waals surface area contributed by atoms with E-state index in [0.717, 1.165) is 23.8 Å². The number of ether oxygens (including phenoxy) is 1. The molecule has 0 unspecified atom stereocenters. The van der Waals surface area contributed by atoms with Crippen molar-refractivity contribution >= 4 is 23.9 Å². The van der Waals surface area contributed by atoms with Crippen LogP contribution in [0.1, 0.15) is 41.6 Å². The van der Waals surface area contributed by atoms with Gasteiger partial charge < -0.3 is 9.53 Å². The molecule has 2 heterocycles. The molecule has 0 bridgehead atoms. The molecule has 4 rings (SSSR count). The number of nitriles is 1. The van der Waals surface area contributed by atoms with Gasteiger partial charge in [0.2, 0.25) is 5.95 Å². The van der Waals surface area contributed by atoms with Crippen LogP contribution in [0, 0.1) is 11.3 Å². The van der Waals surface area contributed by atoms with Crippen LogP contribution in [-0.4, -0.2) is 34.1 Å². The summed E-state index contributed by atoms with van der Waals surface area (Å²) in [6.45, 7) is 1.51. The molecule has 0 saturated heterocycles. The van der Waals surface area contributed by atoms with Crippen molar-refractivity contribution in [1.82, 2.24) is 14.8 Å². The predicted octanol–water partition coefficient (Wildman–Crippen LogP) is 3.78. The van der Waals surface area contributed by atoms with Crippen molar-refractivity contribution in [1.29, 1.82) is 5.26 Å². The number of fused-ring (bicyclic) bond motifs is 1. The monoisotopic (exact) mass is 511 g/mol.